The van der Waals surface area contributed by atoms with Crippen LogP contribution in [0.15, 0.2) is 0 Å². The number of carbonyl (C=O) groups is 1. The van der Waals surface area contributed by atoms with E-state index in [9.17, 15) is 9.90 Å². The first-order chi connectivity index (χ1) is 7.27. The second-order valence-corrected chi connectivity index (χ2v) is 4.65. The highest BCUT2D eigenvalue weighted by atomic mass is 16.3. The first kappa shape index (κ1) is 10.9. The Balaban J connectivity index is 1.69. The molecule has 0 spiro atoms. The molecule has 2 rings (SSSR count). The monoisotopic (exact) mass is 212 g/mol. The van der Waals surface area contributed by atoms with E-state index in [1.54, 1.807) is 0 Å². The summed E-state index contributed by atoms with van der Waals surface area (Å²) in [5.41, 5.74) is 0. The van der Waals surface area contributed by atoms with Gasteiger partial charge in [-0.25, -0.2) is 0 Å². The average Bonchev–Trinajstić information content (AvgIpc) is 2.14. The van der Waals surface area contributed by atoms with E-state index in [0.717, 1.165) is 32.2 Å². The summed E-state index contributed by atoms with van der Waals surface area (Å²) in [4.78, 5) is 11.5. The van der Waals surface area contributed by atoms with Crippen molar-refractivity contribution in [1.82, 2.24) is 10.6 Å². The van der Waals surface area contributed by atoms with E-state index in [-0.39, 0.29) is 24.0 Å². The van der Waals surface area contributed by atoms with Crippen LogP contribution in [0.5, 0.6) is 0 Å². The molecule has 3 atom stereocenters. The molecule has 0 aromatic carbocycles. The van der Waals surface area contributed by atoms with Crippen molar-refractivity contribution in [3.63, 3.8) is 0 Å². The van der Waals surface area contributed by atoms with E-state index in [1.807, 2.05) is 0 Å². The van der Waals surface area contributed by atoms with Gasteiger partial charge >= 0.3 is 0 Å². The van der Waals surface area contributed by atoms with Crippen LogP contribution in [0.25, 0.3) is 0 Å². The SMILES string of the molecule is O=C(NCC1CCCCC1O)[C@H]1CCN1. The van der Waals surface area contributed by atoms with Crippen LogP contribution >= 0.6 is 0 Å². The highest BCUT2D eigenvalue weighted by molar-refractivity contribution is 5.82. The van der Waals surface area contributed by atoms with Gasteiger partial charge in [0.2, 0.25) is 5.91 Å². The van der Waals surface area contributed by atoms with E-state index in [1.165, 1.54) is 6.42 Å². The number of aliphatic hydroxyl groups excluding tert-OH is 1. The predicted octanol–water partition coefficient (Wildman–Crippen LogP) is 0.0156. The van der Waals surface area contributed by atoms with Gasteiger partial charge in [0.25, 0.3) is 0 Å². The van der Waals surface area contributed by atoms with Crippen LogP contribution in [0.3, 0.4) is 0 Å². The van der Waals surface area contributed by atoms with Crippen molar-refractivity contribution in [3.8, 4) is 0 Å². The minimum atomic E-state index is -0.214. The highest BCUT2D eigenvalue weighted by Gasteiger charge is 2.27. The summed E-state index contributed by atoms with van der Waals surface area (Å²) in [5.74, 6) is 0.363. The highest BCUT2D eigenvalue weighted by Crippen LogP contribution is 2.23. The maximum absolute atomic E-state index is 11.5. The van der Waals surface area contributed by atoms with Crippen molar-refractivity contribution < 1.29 is 9.90 Å². The molecule has 4 heteroatoms. The van der Waals surface area contributed by atoms with Gasteiger partial charge in [-0.2, -0.15) is 0 Å². The largest absolute Gasteiger partial charge is 0.393 e. The number of aliphatic hydroxyl groups is 1. The molecule has 1 saturated heterocycles. The van der Waals surface area contributed by atoms with Gasteiger partial charge < -0.3 is 15.7 Å². The maximum Gasteiger partial charge on any atom is 0.237 e. The summed E-state index contributed by atoms with van der Waals surface area (Å²) < 4.78 is 0. The molecule has 1 amide bonds. The quantitative estimate of drug-likeness (QED) is 0.618. The summed E-state index contributed by atoms with van der Waals surface area (Å²) in [6.45, 7) is 1.59. The van der Waals surface area contributed by atoms with Gasteiger partial charge in [0.1, 0.15) is 0 Å². The summed E-state index contributed by atoms with van der Waals surface area (Å²) in [6, 6.07) is 0.0192. The first-order valence-corrected chi connectivity index (χ1v) is 5.96. The lowest BCUT2D eigenvalue weighted by Gasteiger charge is -2.30. The van der Waals surface area contributed by atoms with Crippen LogP contribution in [0.4, 0.5) is 0 Å². The zero-order valence-electron chi connectivity index (χ0n) is 9.04. The Kier molecular flexibility index (Phi) is 3.59. The second kappa shape index (κ2) is 4.94. The molecule has 0 radical (unpaired) electrons. The summed E-state index contributed by atoms with van der Waals surface area (Å²) in [7, 11) is 0. The average molecular weight is 212 g/mol. The normalized spacial score (nSPS) is 35.7. The van der Waals surface area contributed by atoms with Gasteiger partial charge in [0.15, 0.2) is 0 Å². The van der Waals surface area contributed by atoms with E-state index < -0.39 is 0 Å². The molecule has 86 valence electrons. The van der Waals surface area contributed by atoms with Crippen molar-refractivity contribution in [3.05, 3.63) is 0 Å². The Hall–Kier alpha value is -0.610. The third-order valence-electron chi connectivity index (χ3n) is 3.55. The van der Waals surface area contributed by atoms with E-state index in [4.69, 9.17) is 0 Å². The number of hydrogen-bond donors (Lipinski definition) is 3. The maximum atomic E-state index is 11.5. The lowest BCUT2D eigenvalue weighted by atomic mass is 9.86. The van der Waals surface area contributed by atoms with Crippen molar-refractivity contribution in [1.29, 1.82) is 0 Å². The molecule has 1 heterocycles. The molecule has 2 fully saturated rings. The molecule has 0 aromatic rings. The molecular formula is C11H20N2O2. The Labute approximate surface area is 90.4 Å². The second-order valence-electron chi connectivity index (χ2n) is 4.65. The fourth-order valence-electron chi connectivity index (χ4n) is 2.29. The molecule has 2 aliphatic rings. The van der Waals surface area contributed by atoms with Gasteiger partial charge in [-0.1, -0.05) is 12.8 Å². The van der Waals surface area contributed by atoms with Crippen molar-refractivity contribution in [2.45, 2.75) is 44.2 Å². The van der Waals surface area contributed by atoms with Gasteiger partial charge in [-0.15, -0.1) is 0 Å². The topological polar surface area (TPSA) is 61.4 Å². The Morgan fingerprint density at radius 3 is 2.67 bits per heavy atom. The van der Waals surface area contributed by atoms with Crippen molar-refractivity contribution in [2.24, 2.45) is 5.92 Å². The molecular weight excluding hydrogens is 192 g/mol. The van der Waals surface area contributed by atoms with Gasteiger partial charge in [0.05, 0.1) is 12.1 Å². The van der Waals surface area contributed by atoms with Gasteiger partial charge in [-0.05, 0) is 25.8 Å². The fraction of sp³-hybridized carbons (Fsp3) is 0.909. The summed E-state index contributed by atoms with van der Waals surface area (Å²) in [6.07, 6.45) is 4.96. The Morgan fingerprint density at radius 1 is 1.33 bits per heavy atom. The Morgan fingerprint density at radius 2 is 2.07 bits per heavy atom. The zero-order chi connectivity index (χ0) is 10.7. The van der Waals surface area contributed by atoms with Crippen LogP contribution in [0.1, 0.15) is 32.1 Å². The molecule has 1 saturated carbocycles. The number of nitrogens with one attached hydrogen (secondary N) is 2. The van der Waals surface area contributed by atoms with E-state index in [0.29, 0.717) is 6.54 Å². The summed E-state index contributed by atoms with van der Waals surface area (Å²) in [5, 5.41) is 15.7. The lowest BCUT2D eigenvalue weighted by molar-refractivity contribution is -0.125. The van der Waals surface area contributed by atoms with Gasteiger partial charge in [0, 0.05) is 12.5 Å². The molecule has 0 bridgehead atoms. The molecule has 0 aromatic heterocycles. The summed E-state index contributed by atoms with van der Waals surface area (Å²) >= 11 is 0. The smallest absolute Gasteiger partial charge is 0.237 e. The van der Waals surface area contributed by atoms with Crippen LogP contribution in [0, 0.1) is 5.92 Å². The van der Waals surface area contributed by atoms with Crippen LogP contribution in [0.2, 0.25) is 0 Å². The Bertz CT molecular complexity index is 229. The standard InChI is InChI=1S/C11H20N2O2/c14-10-4-2-1-3-8(10)7-13-11(15)9-5-6-12-9/h8-10,12,14H,1-7H2,(H,13,15)/t8?,9-,10?/m1/s1. The van der Waals surface area contributed by atoms with Crippen LogP contribution in [-0.2, 0) is 4.79 Å². The van der Waals surface area contributed by atoms with E-state index >= 15 is 0 Å². The molecule has 2 unspecified atom stereocenters. The van der Waals surface area contributed by atoms with Crippen molar-refractivity contribution in [2.75, 3.05) is 13.1 Å². The van der Waals surface area contributed by atoms with Crippen LogP contribution < -0.4 is 10.6 Å². The predicted molar refractivity (Wildman–Crippen MR) is 57.4 cm³/mol. The third kappa shape index (κ3) is 2.69. The number of carbonyl (C=O) groups excluding carboxylic acids is 1. The van der Waals surface area contributed by atoms with E-state index in [2.05, 4.69) is 10.6 Å². The minimum absolute atomic E-state index is 0.0192. The zero-order valence-corrected chi connectivity index (χ0v) is 9.04. The lowest BCUT2D eigenvalue weighted by Crippen LogP contribution is -2.54. The van der Waals surface area contributed by atoms with Gasteiger partial charge in [-0.3, -0.25) is 4.79 Å². The number of rotatable bonds is 3. The van der Waals surface area contributed by atoms with Crippen molar-refractivity contribution >= 4 is 5.91 Å². The molecule has 1 aliphatic carbocycles. The number of hydrogen-bond acceptors (Lipinski definition) is 3. The molecule has 15 heavy (non-hydrogen) atoms. The molecule has 4 nitrogen and oxygen atoms in total. The molecule has 1 aliphatic heterocycles. The first-order valence-electron chi connectivity index (χ1n) is 5.96. The van der Waals surface area contributed by atoms with Crippen LogP contribution in [-0.4, -0.2) is 36.2 Å². The minimum Gasteiger partial charge on any atom is -0.393 e. The number of amides is 1. The fourth-order valence-corrected chi connectivity index (χ4v) is 2.29. The third-order valence-corrected chi connectivity index (χ3v) is 3.55. The molecule has 3 N–H and O–H groups in total.